The molecule has 0 aliphatic carbocycles. The molecule has 1 aromatic carbocycles. The summed E-state index contributed by atoms with van der Waals surface area (Å²) in [6.45, 7) is -0.111. The number of para-hydroxylation sites is 1. The van der Waals surface area contributed by atoms with Crippen LogP contribution in [0.5, 0.6) is 0 Å². The van der Waals surface area contributed by atoms with Crippen molar-refractivity contribution in [2.24, 2.45) is 0 Å². The third-order valence-corrected chi connectivity index (χ3v) is 2.17. The second-order valence-electron chi connectivity index (χ2n) is 3.22. The van der Waals surface area contributed by atoms with E-state index in [9.17, 15) is 4.79 Å². The van der Waals surface area contributed by atoms with Gasteiger partial charge in [-0.2, -0.15) is 0 Å². The van der Waals surface area contributed by atoms with E-state index in [1.165, 1.54) is 17.1 Å². The van der Waals surface area contributed by atoms with Crippen molar-refractivity contribution >= 4 is 11.7 Å². The third kappa shape index (κ3) is 2.09. The Morgan fingerprint density at radius 2 is 2.25 bits per heavy atom. The molecule has 2 aromatic rings. The van der Waals surface area contributed by atoms with Crippen LogP contribution in [-0.2, 0) is 6.61 Å². The SMILES string of the molecule is O=C(Nc1ccccc1CO)n1ccnc1. The van der Waals surface area contributed by atoms with Crippen molar-refractivity contribution in [3.63, 3.8) is 0 Å². The maximum Gasteiger partial charge on any atom is 0.331 e. The topological polar surface area (TPSA) is 67.2 Å². The van der Waals surface area contributed by atoms with Crippen molar-refractivity contribution < 1.29 is 9.90 Å². The van der Waals surface area contributed by atoms with E-state index in [1.807, 2.05) is 0 Å². The van der Waals surface area contributed by atoms with Gasteiger partial charge in [0.1, 0.15) is 6.33 Å². The van der Waals surface area contributed by atoms with Gasteiger partial charge in [0, 0.05) is 23.6 Å². The molecule has 0 aliphatic rings. The molecule has 82 valence electrons. The van der Waals surface area contributed by atoms with E-state index in [0.29, 0.717) is 11.3 Å². The molecule has 0 radical (unpaired) electrons. The van der Waals surface area contributed by atoms with Gasteiger partial charge in [-0.25, -0.2) is 9.78 Å². The summed E-state index contributed by atoms with van der Waals surface area (Å²) < 4.78 is 1.33. The van der Waals surface area contributed by atoms with Crippen LogP contribution in [0.1, 0.15) is 5.56 Å². The van der Waals surface area contributed by atoms with Crippen LogP contribution in [0, 0.1) is 0 Å². The van der Waals surface area contributed by atoms with Gasteiger partial charge in [-0.15, -0.1) is 0 Å². The fourth-order valence-corrected chi connectivity index (χ4v) is 1.34. The van der Waals surface area contributed by atoms with Gasteiger partial charge in [0.2, 0.25) is 0 Å². The van der Waals surface area contributed by atoms with Crippen molar-refractivity contribution in [2.75, 3.05) is 5.32 Å². The largest absolute Gasteiger partial charge is 0.392 e. The monoisotopic (exact) mass is 217 g/mol. The molecule has 1 amide bonds. The molecule has 5 nitrogen and oxygen atoms in total. The van der Waals surface area contributed by atoms with E-state index < -0.39 is 0 Å². The number of aromatic nitrogens is 2. The van der Waals surface area contributed by atoms with Crippen LogP contribution in [0.2, 0.25) is 0 Å². The normalized spacial score (nSPS) is 10.1. The van der Waals surface area contributed by atoms with Gasteiger partial charge in [0.25, 0.3) is 0 Å². The molecule has 0 bridgehead atoms. The number of hydrogen-bond acceptors (Lipinski definition) is 3. The molecule has 16 heavy (non-hydrogen) atoms. The van der Waals surface area contributed by atoms with Gasteiger partial charge in [-0.1, -0.05) is 18.2 Å². The summed E-state index contributed by atoms with van der Waals surface area (Å²) in [6, 6.07) is 6.78. The Hall–Kier alpha value is -2.14. The fourth-order valence-electron chi connectivity index (χ4n) is 1.34. The van der Waals surface area contributed by atoms with E-state index in [1.54, 1.807) is 30.5 Å². The number of imidazole rings is 1. The number of hydrogen-bond donors (Lipinski definition) is 2. The number of anilines is 1. The Labute approximate surface area is 92.4 Å². The highest BCUT2D eigenvalue weighted by Crippen LogP contribution is 2.14. The minimum absolute atomic E-state index is 0.111. The number of nitrogens with zero attached hydrogens (tertiary/aromatic N) is 2. The number of carbonyl (C=O) groups is 1. The number of aliphatic hydroxyl groups is 1. The van der Waals surface area contributed by atoms with Crippen LogP contribution in [0.15, 0.2) is 43.0 Å². The van der Waals surface area contributed by atoms with Crippen LogP contribution in [0.3, 0.4) is 0 Å². The zero-order valence-electron chi connectivity index (χ0n) is 8.50. The van der Waals surface area contributed by atoms with E-state index in [-0.39, 0.29) is 12.6 Å². The number of aliphatic hydroxyl groups excluding tert-OH is 1. The summed E-state index contributed by atoms with van der Waals surface area (Å²) in [5.74, 6) is 0. The van der Waals surface area contributed by atoms with Gasteiger partial charge in [0.15, 0.2) is 0 Å². The van der Waals surface area contributed by atoms with Crippen LogP contribution >= 0.6 is 0 Å². The molecule has 2 N–H and O–H groups in total. The van der Waals surface area contributed by atoms with E-state index >= 15 is 0 Å². The van der Waals surface area contributed by atoms with Crippen molar-refractivity contribution in [1.29, 1.82) is 0 Å². The van der Waals surface area contributed by atoms with Crippen LogP contribution in [-0.4, -0.2) is 20.7 Å². The molecule has 0 atom stereocenters. The fraction of sp³-hybridized carbons (Fsp3) is 0.0909. The first-order chi connectivity index (χ1) is 7.81. The van der Waals surface area contributed by atoms with Crippen LogP contribution < -0.4 is 5.32 Å². The Morgan fingerprint density at radius 3 is 2.94 bits per heavy atom. The third-order valence-electron chi connectivity index (χ3n) is 2.17. The lowest BCUT2D eigenvalue weighted by molar-refractivity contribution is 0.253. The molecule has 1 aromatic heterocycles. The minimum atomic E-state index is -0.307. The first kappa shape index (κ1) is 10.4. The van der Waals surface area contributed by atoms with Crippen LogP contribution in [0.4, 0.5) is 10.5 Å². The number of benzene rings is 1. The van der Waals surface area contributed by atoms with Gasteiger partial charge in [-0.3, -0.25) is 4.57 Å². The molecule has 0 saturated carbocycles. The molecule has 2 rings (SSSR count). The standard InChI is InChI=1S/C11H11N3O2/c15-7-9-3-1-2-4-10(9)13-11(16)14-6-5-12-8-14/h1-6,8,15H,7H2,(H,13,16). The van der Waals surface area contributed by atoms with Gasteiger partial charge in [0.05, 0.1) is 6.61 Å². The predicted octanol–water partition coefficient (Wildman–Crippen LogP) is 1.46. The van der Waals surface area contributed by atoms with Crippen molar-refractivity contribution in [3.05, 3.63) is 48.5 Å². The Balaban J connectivity index is 2.18. The second-order valence-corrected chi connectivity index (χ2v) is 3.22. The number of rotatable bonds is 2. The first-order valence-electron chi connectivity index (χ1n) is 4.79. The van der Waals surface area contributed by atoms with Crippen molar-refractivity contribution in [2.45, 2.75) is 6.61 Å². The Bertz CT molecular complexity index is 480. The average Bonchev–Trinajstić information content (AvgIpc) is 2.83. The van der Waals surface area contributed by atoms with Crippen molar-refractivity contribution in [1.82, 2.24) is 9.55 Å². The average molecular weight is 217 g/mol. The summed E-state index contributed by atoms with van der Waals surface area (Å²) in [5.41, 5.74) is 1.28. The van der Waals surface area contributed by atoms with E-state index in [0.717, 1.165) is 0 Å². The van der Waals surface area contributed by atoms with Crippen LogP contribution in [0.25, 0.3) is 0 Å². The molecule has 0 unspecified atom stereocenters. The maximum absolute atomic E-state index is 11.7. The van der Waals surface area contributed by atoms with E-state index in [4.69, 9.17) is 5.11 Å². The number of nitrogens with one attached hydrogen (secondary N) is 1. The van der Waals surface area contributed by atoms with E-state index in [2.05, 4.69) is 10.3 Å². The highest BCUT2D eigenvalue weighted by molar-refractivity contribution is 5.91. The molecule has 5 heteroatoms. The second kappa shape index (κ2) is 4.59. The summed E-state index contributed by atoms with van der Waals surface area (Å²) in [5, 5.41) is 11.8. The highest BCUT2D eigenvalue weighted by atomic mass is 16.3. The minimum Gasteiger partial charge on any atom is -0.392 e. The zero-order chi connectivity index (χ0) is 11.4. The molecule has 0 fully saturated rings. The molecular weight excluding hydrogens is 206 g/mol. The maximum atomic E-state index is 11.7. The number of carbonyl (C=O) groups excluding carboxylic acids is 1. The molecule has 1 heterocycles. The van der Waals surface area contributed by atoms with Gasteiger partial charge in [-0.05, 0) is 6.07 Å². The predicted molar refractivity (Wildman–Crippen MR) is 59.0 cm³/mol. The molecule has 0 saturated heterocycles. The lowest BCUT2D eigenvalue weighted by atomic mass is 10.2. The van der Waals surface area contributed by atoms with Gasteiger partial charge < -0.3 is 10.4 Å². The lowest BCUT2D eigenvalue weighted by Gasteiger charge is -2.08. The molecule has 0 aliphatic heterocycles. The summed E-state index contributed by atoms with van der Waals surface area (Å²) in [4.78, 5) is 15.5. The lowest BCUT2D eigenvalue weighted by Crippen LogP contribution is -2.18. The Kier molecular flexibility index (Phi) is 2.98. The summed E-state index contributed by atoms with van der Waals surface area (Å²) in [7, 11) is 0. The first-order valence-corrected chi connectivity index (χ1v) is 4.79. The van der Waals surface area contributed by atoms with Crippen molar-refractivity contribution in [3.8, 4) is 0 Å². The van der Waals surface area contributed by atoms with Gasteiger partial charge >= 0.3 is 6.03 Å². The highest BCUT2D eigenvalue weighted by Gasteiger charge is 2.06. The zero-order valence-corrected chi connectivity index (χ0v) is 8.50. The Morgan fingerprint density at radius 1 is 1.44 bits per heavy atom. The summed E-state index contributed by atoms with van der Waals surface area (Å²) >= 11 is 0. The molecule has 0 spiro atoms. The smallest absolute Gasteiger partial charge is 0.331 e. The summed E-state index contributed by atoms with van der Waals surface area (Å²) in [6.07, 6.45) is 4.49. The number of amides is 1. The quantitative estimate of drug-likeness (QED) is 0.800. The molecular formula is C11H11N3O2.